The van der Waals surface area contributed by atoms with Crippen LogP contribution in [0.3, 0.4) is 0 Å². The first-order valence-electron chi connectivity index (χ1n) is 10.5. The fourth-order valence-electron chi connectivity index (χ4n) is 3.13. The maximum absolute atomic E-state index is 12.2. The van der Waals surface area contributed by atoms with Crippen molar-refractivity contribution < 1.29 is 27.6 Å². The minimum absolute atomic E-state index is 0.0364. The summed E-state index contributed by atoms with van der Waals surface area (Å²) in [5, 5.41) is 17.7. The van der Waals surface area contributed by atoms with Gasteiger partial charge in [0.2, 0.25) is 34.4 Å². The molecule has 0 aliphatic rings. The van der Waals surface area contributed by atoms with Crippen LogP contribution in [0.4, 0.5) is 35.2 Å². The smallest absolute Gasteiger partial charge is 0.295 e. The first-order chi connectivity index (χ1) is 19.0. The largest absolute Gasteiger partial charge is 0.368 e. The predicted octanol–water partition coefficient (Wildman–Crippen LogP) is 3.86. The molecule has 4 rings (SSSR count). The van der Waals surface area contributed by atoms with Gasteiger partial charge in [0, 0.05) is 16.3 Å². The maximum atomic E-state index is 12.2. The fraction of sp³-hybridized carbons (Fsp3) is 0. The number of halogens is 2. The van der Waals surface area contributed by atoms with Crippen molar-refractivity contribution in [3.05, 3.63) is 58.1 Å². The minimum Gasteiger partial charge on any atom is -0.368 e. The van der Waals surface area contributed by atoms with E-state index in [0.29, 0.717) is 28.2 Å². The molecule has 0 bridgehead atoms. The molecule has 20 heteroatoms. The molecule has 4 aromatic rings. The SMILES string of the molecule is Nc1nc(Cl)nc(Nc2ccc(/C=C/c3ccc(Nc4nc(N)nc(Cl)n4)cc3S(=O)(=O)O)c(SOOO)c2)n1. The Morgan fingerprint density at radius 2 is 1.35 bits per heavy atom. The number of rotatable bonds is 10. The van der Waals surface area contributed by atoms with Gasteiger partial charge in [0.05, 0.1) is 12.0 Å². The summed E-state index contributed by atoms with van der Waals surface area (Å²) in [7, 11) is -4.67. The summed E-state index contributed by atoms with van der Waals surface area (Å²) in [6.07, 6.45) is 2.97. The second-order valence-corrected chi connectivity index (χ2v) is 10.2. The van der Waals surface area contributed by atoms with Crippen molar-refractivity contribution in [2.75, 3.05) is 22.1 Å². The van der Waals surface area contributed by atoms with E-state index in [2.05, 4.69) is 49.9 Å². The van der Waals surface area contributed by atoms with Gasteiger partial charge in [-0.1, -0.05) is 29.3 Å². The molecule has 0 saturated carbocycles. The summed E-state index contributed by atoms with van der Waals surface area (Å²) >= 11 is 12.2. The summed E-state index contributed by atoms with van der Waals surface area (Å²) in [6, 6.07) is 8.96. The Kier molecular flexibility index (Phi) is 9.12. The minimum atomic E-state index is -4.67. The first-order valence-corrected chi connectivity index (χ1v) is 13.4. The third kappa shape index (κ3) is 7.83. The lowest BCUT2D eigenvalue weighted by Gasteiger charge is -2.10. The second-order valence-electron chi connectivity index (χ2n) is 7.36. The summed E-state index contributed by atoms with van der Waals surface area (Å²) in [4.78, 5) is 22.9. The van der Waals surface area contributed by atoms with Gasteiger partial charge in [-0.3, -0.25) is 4.55 Å². The van der Waals surface area contributed by atoms with E-state index in [1.54, 1.807) is 18.2 Å². The van der Waals surface area contributed by atoms with Gasteiger partial charge in [0.15, 0.2) is 0 Å². The molecule has 0 aliphatic heterocycles. The van der Waals surface area contributed by atoms with Gasteiger partial charge in [-0.15, -0.1) is 4.33 Å². The van der Waals surface area contributed by atoms with Crippen molar-refractivity contribution in [3.63, 3.8) is 0 Å². The zero-order chi connectivity index (χ0) is 28.9. The molecule has 0 radical (unpaired) electrons. The number of nitrogens with zero attached hydrogens (tertiary/aromatic N) is 6. The summed E-state index contributed by atoms with van der Waals surface area (Å²) < 4.78 is 38.7. The monoisotopic (exact) mass is 626 g/mol. The molecular formula is C20H16Cl2N10O6S2. The van der Waals surface area contributed by atoms with Gasteiger partial charge in [-0.05, 0) is 58.6 Å². The Morgan fingerprint density at radius 1 is 0.825 bits per heavy atom. The fourth-order valence-corrected chi connectivity index (χ4v) is 4.68. The number of anilines is 6. The van der Waals surface area contributed by atoms with Crippen LogP contribution in [0, 0.1) is 0 Å². The van der Waals surface area contributed by atoms with Crippen molar-refractivity contribution in [2.45, 2.75) is 9.79 Å². The van der Waals surface area contributed by atoms with E-state index in [9.17, 15) is 13.0 Å². The number of nitrogens with one attached hydrogen (secondary N) is 2. The van der Waals surface area contributed by atoms with Crippen molar-refractivity contribution in [1.82, 2.24) is 29.9 Å². The topological polar surface area (TPSA) is 246 Å². The highest BCUT2D eigenvalue weighted by Crippen LogP contribution is 2.31. The third-order valence-corrected chi connectivity index (χ3v) is 6.57. The molecule has 8 N–H and O–H groups in total. The van der Waals surface area contributed by atoms with E-state index < -0.39 is 15.0 Å². The first kappa shape index (κ1) is 29.1. The average Bonchev–Trinajstić information content (AvgIpc) is 2.85. The molecule has 0 spiro atoms. The van der Waals surface area contributed by atoms with E-state index in [1.165, 1.54) is 30.4 Å². The van der Waals surface area contributed by atoms with Gasteiger partial charge in [0.25, 0.3) is 10.1 Å². The normalized spacial score (nSPS) is 11.6. The van der Waals surface area contributed by atoms with Gasteiger partial charge < -0.3 is 22.1 Å². The lowest BCUT2D eigenvalue weighted by molar-refractivity contribution is -0.432. The summed E-state index contributed by atoms with van der Waals surface area (Å²) in [5.41, 5.74) is 12.4. The standard InChI is InChI=1S/C20H16Cl2N10O6S2/c21-15-27-17(23)31-19(29-15)25-11-5-3-9(13(7-11)39-38-37-33)1-2-10-4-6-12(8-14(10)40(34,35)36)26-20-30-16(22)28-18(24)32-20/h1-8,33H,(H,34,35,36)(H3,23,25,27,29,31)(H3,24,26,28,30,32)/b2-1+. The molecule has 16 nitrogen and oxygen atoms in total. The third-order valence-electron chi connectivity index (χ3n) is 4.66. The highest BCUT2D eigenvalue weighted by molar-refractivity contribution is 7.94. The lowest BCUT2D eigenvalue weighted by Crippen LogP contribution is -2.05. The Bertz CT molecular complexity index is 1660. The molecule has 208 valence electrons. The number of nitrogens with two attached hydrogens (primary N) is 2. The summed E-state index contributed by atoms with van der Waals surface area (Å²) in [5.74, 6) is -0.204. The highest BCUT2D eigenvalue weighted by atomic mass is 35.5. The number of benzene rings is 2. The van der Waals surface area contributed by atoms with Crippen LogP contribution < -0.4 is 22.1 Å². The zero-order valence-electron chi connectivity index (χ0n) is 19.6. The van der Waals surface area contributed by atoms with E-state index in [1.807, 2.05) is 0 Å². The predicted molar refractivity (Wildman–Crippen MR) is 147 cm³/mol. The van der Waals surface area contributed by atoms with Gasteiger partial charge in [0.1, 0.15) is 4.90 Å². The van der Waals surface area contributed by atoms with Gasteiger partial charge >= 0.3 is 0 Å². The lowest BCUT2D eigenvalue weighted by atomic mass is 10.1. The number of hydrogen-bond acceptors (Lipinski definition) is 16. The highest BCUT2D eigenvalue weighted by Gasteiger charge is 2.16. The number of hydrogen-bond donors (Lipinski definition) is 6. The van der Waals surface area contributed by atoms with Crippen LogP contribution in [0.1, 0.15) is 11.1 Å². The maximum Gasteiger partial charge on any atom is 0.295 e. The van der Waals surface area contributed by atoms with Crippen molar-refractivity contribution in [1.29, 1.82) is 0 Å². The van der Waals surface area contributed by atoms with Crippen molar-refractivity contribution in [2.24, 2.45) is 0 Å². The Hall–Kier alpha value is -3.88. The molecular weight excluding hydrogens is 611 g/mol. The molecule has 0 amide bonds. The van der Waals surface area contributed by atoms with Crippen LogP contribution in [-0.4, -0.2) is 48.1 Å². The zero-order valence-corrected chi connectivity index (χ0v) is 22.7. The Balaban J connectivity index is 1.64. The number of nitrogen functional groups attached to an aromatic ring is 2. The molecule has 0 atom stereocenters. The Labute approximate surface area is 239 Å². The molecule has 2 heterocycles. The second kappa shape index (κ2) is 12.5. The van der Waals surface area contributed by atoms with Gasteiger partial charge in [-0.2, -0.15) is 38.3 Å². The van der Waals surface area contributed by atoms with Crippen molar-refractivity contribution in [3.8, 4) is 0 Å². The molecule has 0 unspecified atom stereocenters. The van der Waals surface area contributed by atoms with Crippen LogP contribution in [0.25, 0.3) is 12.2 Å². The van der Waals surface area contributed by atoms with E-state index in [4.69, 9.17) is 39.9 Å². The van der Waals surface area contributed by atoms with Crippen molar-refractivity contribution >= 4 is 92.7 Å². The van der Waals surface area contributed by atoms with Crippen LogP contribution in [-0.2, 0) is 19.5 Å². The van der Waals surface area contributed by atoms with E-state index in [-0.39, 0.29) is 45.6 Å². The van der Waals surface area contributed by atoms with E-state index in [0.717, 1.165) is 0 Å². The average molecular weight is 627 g/mol. The molecule has 0 saturated heterocycles. The van der Waals surface area contributed by atoms with Gasteiger partial charge in [-0.25, -0.2) is 5.26 Å². The Morgan fingerprint density at radius 3 is 1.88 bits per heavy atom. The molecule has 2 aromatic heterocycles. The molecule has 40 heavy (non-hydrogen) atoms. The number of aromatic nitrogens is 6. The molecule has 0 fully saturated rings. The molecule has 0 aliphatic carbocycles. The van der Waals surface area contributed by atoms with Crippen LogP contribution >= 0.6 is 35.2 Å². The van der Waals surface area contributed by atoms with Crippen LogP contribution in [0.5, 0.6) is 0 Å². The van der Waals surface area contributed by atoms with Crippen LogP contribution in [0.2, 0.25) is 10.6 Å². The van der Waals surface area contributed by atoms with Crippen LogP contribution in [0.15, 0.2) is 46.2 Å². The van der Waals surface area contributed by atoms with E-state index >= 15 is 0 Å². The molecule has 2 aromatic carbocycles. The summed E-state index contributed by atoms with van der Waals surface area (Å²) in [6.45, 7) is 0. The quantitative estimate of drug-likeness (QED) is 0.0480.